The maximum Gasteiger partial charge on any atom is 0.255 e. The van der Waals surface area contributed by atoms with E-state index in [-0.39, 0.29) is 12.5 Å². The number of hydrogen-bond donors (Lipinski definition) is 1. The second-order valence-corrected chi connectivity index (χ2v) is 6.42. The predicted molar refractivity (Wildman–Crippen MR) is 107 cm³/mol. The maximum atomic E-state index is 12.9. The summed E-state index contributed by atoms with van der Waals surface area (Å²) in [6, 6.07) is 19.0. The second-order valence-electron chi connectivity index (χ2n) is 6.42. The highest BCUT2D eigenvalue weighted by molar-refractivity contribution is 5.95. The third-order valence-electron chi connectivity index (χ3n) is 4.41. The lowest BCUT2D eigenvalue weighted by Crippen LogP contribution is -2.26. The smallest absolute Gasteiger partial charge is 0.255 e. The van der Waals surface area contributed by atoms with Gasteiger partial charge in [-0.05, 0) is 34.5 Å². The third-order valence-corrected chi connectivity index (χ3v) is 4.41. The van der Waals surface area contributed by atoms with E-state index in [9.17, 15) is 9.59 Å². The largest absolute Gasteiger partial charge is 0.493 e. The van der Waals surface area contributed by atoms with Gasteiger partial charge in [-0.1, -0.05) is 42.5 Å². The first-order chi connectivity index (χ1) is 13.5. The summed E-state index contributed by atoms with van der Waals surface area (Å²) in [5, 5.41) is 2.26. The molecule has 0 saturated carbocycles. The fraction of sp³-hybridized carbons (Fsp3) is 0.182. The number of carbonyl (C=O) groups is 2. The summed E-state index contributed by atoms with van der Waals surface area (Å²) >= 11 is 0. The summed E-state index contributed by atoms with van der Waals surface area (Å²) in [5.41, 5.74) is 6.63. The van der Waals surface area contributed by atoms with Crippen molar-refractivity contribution >= 4 is 22.6 Å². The number of amides is 2. The molecular weight excluding hydrogens is 356 g/mol. The molecule has 0 aliphatic heterocycles. The Hall–Kier alpha value is -3.54. The molecule has 3 aromatic rings. The van der Waals surface area contributed by atoms with Crippen LogP contribution in [0.25, 0.3) is 10.8 Å². The number of rotatable bonds is 7. The number of methoxy groups -OCH3 is 1. The van der Waals surface area contributed by atoms with E-state index in [4.69, 9.17) is 15.2 Å². The van der Waals surface area contributed by atoms with Crippen LogP contribution in [0.5, 0.6) is 11.5 Å². The van der Waals surface area contributed by atoms with E-state index < -0.39 is 5.91 Å². The quantitative estimate of drug-likeness (QED) is 0.685. The number of fused-ring (bicyclic) bond motifs is 1. The standard InChI is InChI=1S/C22H22N2O4/c1-24(13-17-8-5-7-15-6-3-4-9-18(15)17)22(26)16-10-11-19(20(12-16)27-2)28-14-21(23)25/h3-12H,13-14H2,1-2H3,(H2,23,25). The van der Waals surface area contributed by atoms with Crippen molar-refractivity contribution in [3.8, 4) is 11.5 Å². The van der Waals surface area contributed by atoms with Crippen LogP contribution in [0.4, 0.5) is 0 Å². The molecular formula is C22H22N2O4. The first kappa shape index (κ1) is 19.2. The number of nitrogens with zero attached hydrogens (tertiary/aromatic N) is 1. The van der Waals surface area contributed by atoms with E-state index in [1.54, 1.807) is 30.1 Å². The van der Waals surface area contributed by atoms with Crippen LogP contribution >= 0.6 is 0 Å². The van der Waals surface area contributed by atoms with Crippen LogP contribution in [0.1, 0.15) is 15.9 Å². The highest BCUT2D eigenvalue weighted by atomic mass is 16.5. The van der Waals surface area contributed by atoms with Gasteiger partial charge in [0.2, 0.25) is 0 Å². The molecule has 0 spiro atoms. The minimum Gasteiger partial charge on any atom is -0.493 e. The average Bonchev–Trinajstić information content (AvgIpc) is 2.71. The van der Waals surface area contributed by atoms with Gasteiger partial charge in [0.25, 0.3) is 11.8 Å². The Bertz CT molecular complexity index is 1010. The Morgan fingerprint density at radius 2 is 1.75 bits per heavy atom. The zero-order chi connectivity index (χ0) is 20.1. The van der Waals surface area contributed by atoms with Gasteiger partial charge in [-0.15, -0.1) is 0 Å². The van der Waals surface area contributed by atoms with Crippen LogP contribution in [0.3, 0.4) is 0 Å². The minimum atomic E-state index is -0.586. The third kappa shape index (κ3) is 4.23. The summed E-state index contributed by atoms with van der Waals surface area (Å²) in [6.45, 7) is 0.215. The number of nitrogens with two attached hydrogens (primary N) is 1. The van der Waals surface area contributed by atoms with Gasteiger partial charge in [0.1, 0.15) is 0 Å². The fourth-order valence-electron chi connectivity index (χ4n) is 3.05. The molecule has 0 atom stereocenters. The van der Waals surface area contributed by atoms with Crippen molar-refractivity contribution in [1.82, 2.24) is 4.90 Å². The summed E-state index contributed by atoms with van der Waals surface area (Å²) in [7, 11) is 3.23. The maximum absolute atomic E-state index is 12.9. The van der Waals surface area contributed by atoms with Gasteiger partial charge in [0.15, 0.2) is 18.1 Å². The molecule has 3 rings (SSSR count). The molecule has 0 saturated heterocycles. The van der Waals surface area contributed by atoms with Crippen molar-refractivity contribution in [2.24, 2.45) is 5.73 Å². The number of ether oxygens (including phenoxy) is 2. The summed E-state index contributed by atoms with van der Waals surface area (Å²) < 4.78 is 10.6. The molecule has 3 aromatic carbocycles. The van der Waals surface area contributed by atoms with Gasteiger partial charge in [-0.3, -0.25) is 9.59 Å². The van der Waals surface area contributed by atoms with Crippen molar-refractivity contribution in [1.29, 1.82) is 0 Å². The Balaban J connectivity index is 1.80. The molecule has 0 unspecified atom stereocenters. The fourth-order valence-corrected chi connectivity index (χ4v) is 3.05. The van der Waals surface area contributed by atoms with E-state index in [0.29, 0.717) is 23.6 Å². The van der Waals surface area contributed by atoms with Crippen molar-refractivity contribution < 1.29 is 19.1 Å². The molecule has 6 heteroatoms. The normalized spacial score (nSPS) is 10.5. The number of benzene rings is 3. The minimum absolute atomic E-state index is 0.146. The Kier molecular flexibility index (Phi) is 5.79. The number of hydrogen-bond acceptors (Lipinski definition) is 4. The van der Waals surface area contributed by atoms with Crippen LogP contribution in [0.15, 0.2) is 60.7 Å². The van der Waals surface area contributed by atoms with Crippen molar-refractivity contribution in [2.45, 2.75) is 6.54 Å². The molecule has 0 aromatic heterocycles. The highest BCUT2D eigenvalue weighted by Crippen LogP contribution is 2.29. The van der Waals surface area contributed by atoms with Crippen LogP contribution in [0, 0.1) is 0 Å². The molecule has 0 aliphatic rings. The van der Waals surface area contributed by atoms with E-state index in [2.05, 4.69) is 18.2 Å². The van der Waals surface area contributed by atoms with E-state index in [1.165, 1.54) is 7.11 Å². The molecule has 6 nitrogen and oxygen atoms in total. The first-order valence-electron chi connectivity index (χ1n) is 8.81. The Labute approximate surface area is 163 Å². The highest BCUT2D eigenvalue weighted by Gasteiger charge is 2.16. The molecule has 28 heavy (non-hydrogen) atoms. The van der Waals surface area contributed by atoms with Gasteiger partial charge < -0.3 is 20.1 Å². The van der Waals surface area contributed by atoms with Crippen LogP contribution in [0.2, 0.25) is 0 Å². The van der Waals surface area contributed by atoms with Gasteiger partial charge in [-0.2, -0.15) is 0 Å². The molecule has 0 radical (unpaired) electrons. The number of primary amides is 1. The van der Waals surface area contributed by atoms with Gasteiger partial charge in [0.05, 0.1) is 7.11 Å². The van der Waals surface area contributed by atoms with Crippen molar-refractivity contribution in [3.05, 3.63) is 71.8 Å². The zero-order valence-corrected chi connectivity index (χ0v) is 15.8. The molecule has 2 amide bonds. The summed E-state index contributed by atoms with van der Waals surface area (Å²) in [5.74, 6) is -0.00932. The monoisotopic (exact) mass is 378 g/mol. The Morgan fingerprint density at radius 3 is 2.50 bits per heavy atom. The lowest BCUT2D eigenvalue weighted by atomic mass is 10.0. The lowest BCUT2D eigenvalue weighted by molar-refractivity contribution is -0.119. The van der Waals surface area contributed by atoms with Crippen molar-refractivity contribution in [2.75, 3.05) is 20.8 Å². The SMILES string of the molecule is COc1cc(C(=O)N(C)Cc2cccc3ccccc23)ccc1OCC(N)=O. The van der Waals surface area contributed by atoms with E-state index in [0.717, 1.165) is 16.3 Å². The van der Waals surface area contributed by atoms with Gasteiger partial charge >= 0.3 is 0 Å². The number of carbonyl (C=O) groups excluding carboxylic acids is 2. The van der Waals surface area contributed by atoms with Crippen LogP contribution in [-0.2, 0) is 11.3 Å². The van der Waals surface area contributed by atoms with Crippen LogP contribution in [-0.4, -0.2) is 37.5 Å². The summed E-state index contributed by atoms with van der Waals surface area (Å²) in [6.07, 6.45) is 0. The van der Waals surface area contributed by atoms with Crippen LogP contribution < -0.4 is 15.2 Å². The molecule has 2 N–H and O–H groups in total. The average molecular weight is 378 g/mol. The van der Waals surface area contributed by atoms with E-state index >= 15 is 0 Å². The molecule has 144 valence electrons. The molecule has 0 heterocycles. The molecule has 0 bridgehead atoms. The second kappa shape index (κ2) is 8.43. The van der Waals surface area contributed by atoms with Crippen molar-refractivity contribution in [3.63, 3.8) is 0 Å². The van der Waals surface area contributed by atoms with Gasteiger partial charge in [0, 0.05) is 19.2 Å². The summed E-state index contributed by atoms with van der Waals surface area (Å²) in [4.78, 5) is 25.4. The molecule has 0 fully saturated rings. The lowest BCUT2D eigenvalue weighted by Gasteiger charge is -2.19. The van der Waals surface area contributed by atoms with E-state index in [1.807, 2.05) is 24.3 Å². The Morgan fingerprint density at radius 1 is 1.00 bits per heavy atom. The topological polar surface area (TPSA) is 81.9 Å². The molecule has 0 aliphatic carbocycles. The first-order valence-corrected chi connectivity index (χ1v) is 8.81. The predicted octanol–water partition coefficient (Wildman–Crippen LogP) is 2.98. The zero-order valence-electron chi connectivity index (χ0n) is 15.8. The van der Waals surface area contributed by atoms with Gasteiger partial charge in [-0.25, -0.2) is 0 Å².